The van der Waals surface area contributed by atoms with E-state index in [4.69, 9.17) is 4.98 Å². The summed E-state index contributed by atoms with van der Waals surface area (Å²) >= 11 is 7.13. The molecule has 18 heavy (non-hydrogen) atoms. The molecule has 0 unspecified atom stereocenters. The number of fused-ring (bicyclic) bond motifs is 2. The van der Waals surface area contributed by atoms with E-state index >= 15 is 0 Å². The number of aromatic nitrogens is 1. The van der Waals surface area contributed by atoms with Gasteiger partial charge in [-0.2, -0.15) is 0 Å². The molecule has 0 saturated heterocycles. The molecule has 0 radical (unpaired) electrons. The Morgan fingerprint density at radius 1 is 0.889 bits per heavy atom. The molecule has 1 heterocycles. The number of nitrogens with zero attached hydrogens (tertiary/aromatic N) is 1. The number of benzene rings is 2. The van der Waals surface area contributed by atoms with Gasteiger partial charge < -0.3 is 0 Å². The van der Waals surface area contributed by atoms with Gasteiger partial charge in [0.2, 0.25) is 0 Å². The van der Waals surface area contributed by atoms with Gasteiger partial charge in [0.05, 0.1) is 11.0 Å². The second-order valence-corrected chi connectivity index (χ2v) is 5.34. The third-order valence-electron chi connectivity index (χ3n) is 3.19. The number of rotatable bonds is 2. The Balaban J connectivity index is 2.42. The highest BCUT2D eigenvalue weighted by Crippen LogP contribution is 2.28. The molecule has 3 aromatic rings. The van der Waals surface area contributed by atoms with Crippen molar-refractivity contribution in [2.45, 2.75) is 10.7 Å². The molecule has 0 spiro atoms. The topological polar surface area (TPSA) is 12.9 Å². The van der Waals surface area contributed by atoms with E-state index in [0.29, 0.717) is 0 Å². The number of halogens is 2. The third-order valence-corrected chi connectivity index (χ3v) is 4.35. The Morgan fingerprint density at radius 2 is 1.72 bits per heavy atom. The molecular formula is C15H11Br2N. The monoisotopic (exact) mass is 363 g/mol. The molecule has 1 nitrogen and oxygen atoms in total. The van der Waals surface area contributed by atoms with Crippen LogP contribution in [0.2, 0.25) is 0 Å². The maximum Gasteiger partial charge on any atom is 0.0713 e. The summed E-state index contributed by atoms with van der Waals surface area (Å²) in [5.74, 6) is 0. The van der Waals surface area contributed by atoms with Crippen LogP contribution in [0.1, 0.15) is 11.1 Å². The van der Waals surface area contributed by atoms with Gasteiger partial charge in [0.15, 0.2) is 0 Å². The summed E-state index contributed by atoms with van der Waals surface area (Å²) in [5.41, 5.74) is 4.75. The van der Waals surface area contributed by atoms with Crippen LogP contribution in [0.3, 0.4) is 0 Å². The average molecular weight is 365 g/mol. The van der Waals surface area contributed by atoms with Crippen LogP contribution in [-0.4, -0.2) is 4.98 Å². The zero-order chi connectivity index (χ0) is 12.5. The van der Waals surface area contributed by atoms with Crippen molar-refractivity contribution in [2.75, 3.05) is 0 Å². The van der Waals surface area contributed by atoms with E-state index in [1.54, 1.807) is 0 Å². The van der Waals surface area contributed by atoms with Crippen molar-refractivity contribution in [3.8, 4) is 0 Å². The standard InChI is InChI=1S/C15H11Br2N/c16-8-11-5-6-15-12(13(11)9-17)7-10-3-1-2-4-14(10)18-15/h1-7H,8-9H2. The molecule has 0 aliphatic carbocycles. The first-order chi connectivity index (χ1) is 8.83. The fourth-order valence-corrected chi connectivity index (χ4v) is 3.42. The predicted molar refractivity (Wildman–Crippen MR) is 84.5 cm³/mol. The van der Waals surface area contributed by atoms with E-state index < -0.39 is 0 Å². The van der Waals surface area contributed by atoms with E-state index in [-0.39, 0.29) is 0 Å². The molecule has 0 saturated carbocycles. The predicted octanol–water partition coefficient (Wildman–Crippen LogP) is 5.18. The van der Waals surface area contributed by atoms with Gasteiger partial charge in [-0.3, -0.25) is 0 Å². The first-order valence-corrected chi connectivity index (χ1v) is 8.00. The minimum Gasteiger partial charge on any atom is -0.248 e. The summed E-state index contributed by atoms with van der Waals surface area (Å²) in [5, 5.41) is 4.16. The Labute approximate surface area is 122 Å². The van der Waals surface area contributed by atoms with Crippen LogP contribution < -0.4 is 0 Å². The van der Waals surface area contributed by atoms with E-state index in [2.05, 4.69) is 68.3 Å². The van der Waals surface area contributed by atoms with Crippen molar-refractivity contribution >= 4 is 53.7 Å². The van der Waals surface area contributed by atoms with Crippen LogP contribution in [0.4, 0.5) is 0 Å². The van der Waals surface area contributed by atoms with Crippen LogP contribution in [-0.2, 0) is 10.7 Å². The maximum absolute atomic E-state index is 4.73. The second kappa shape index (κ2) is 4.98. The lowest BCUT2D eigenvalue weighted by Crippen LogP contribution is -1.92. The first-order valence-electron chi connectivity index (χ1n) is 5.75. The number of pyridine rings is 1. The van der Waals surface area contributed by atoms with Gasteiger partial charge in [0.1, 0.15) is 0 Å². The van der Waals surface area contributed by atoms with Crippen molar-refractivity contribution in [3.05, 3.63) is 53.6 Å². The lowest BCUT2D eigenvalue weighted by Gasteiger charge is -2.09. The number of hydrogen-bond donors (Lipinski definition) is 0. The summed E-state index contributed by atoms with van der Waals surface area (Å²) in [4.78, 5) is 4.73. The molecule has 0 atom stereocenters. The van der Waals surface area contributed by atoms with Crippen molar-refractivity contribution in [1.82, 2.24) is 4.98 Å². The lowest BCUT2D eigenvalue weighted by atomic mass is 10.0. The summed E-state index contributed by atoms with van der Waals surface area (Å²) in [6.45, 7) is 0. The van der Waals surface area contributed by atoms with Crippen molar-refractivity contribution in [1.29, 1.82) is 0 Å². The molecule has 3 rings (SSSR count). The molecule has 0 N–H and O–H groups in total. The fourth-order valence-electron chi connectivity index (χ4n) is 2.24. The molecule has 1 aromatic heterocycles. The van der Waals surface area contributed by atoms with Gasteiger partial charge in [0, 0.05) is 21.4 Å². The SMILES string of the molecule is BrCc1ccc2nc3ccccc3cc2c1CBr. The number of hydrogen-bond acceptors (Lipinski definition) is 1. The highest BCUT2D eigenvalue weighted by molar-refractivity contribution is 9.09. The van der Waals surface area contributed by atoms with Gasteiger partial charge >= 0.3 is 0 Å². The Kier molecular flexibility index (Phi) is 3.35. The minimum atomic E-state index is 0.852. The number of para-hydroxylation sites is 1. The Bertz CT molecular complexity index is 722. The summed E-state index contributed by atoms with van der Waals surface area (Å²) in [7, 11) is 0. The van der Waals surface area contributed by atoms with Crippen LogP contribution in [0.5, 0.6) is 0 Å². The molecule has 3 heteroatoms. The second-order valence-electron chi connectivity index (χ2n) is 4.22. The van der Waals surface area contributed by atoms with Gasteiger partial charge in [0.25, 0.3) is 0 Å². The normalized spacial score (nSPS) is 11.2. The molecule has 90 valence electrons. The molecule has 0 aliphatic heterocycles. The molecule has 0 amide bonds. The molecule has 2 aromatic carbocycles. The zero-order valence-electron chi connectivity index (χ0n) is 9.66. The molecule has 0 aliphatic rings. The quantitative estimate of drug-likeness (QED) is 0.451. The van der Waals surface area contributed by atoms with Crippen LogP contribution in [0.25, 0.3) is 21.8 Å². The highest BCUT2D eigenvalue weighted by Gasteiger charge is 2.08. The maximum atomic E-state index is 4.73. The minimum absolute atomic E-state index is 0.852. The highest BCUT2D eigenvalue weighted by atomic mass is 79.9. The molecule has 0 bridgehead atoms. The van der Waals surface area contributed by atoms with Crippen LogP contribution in [0.15, 0.2) is 42.5 Å². The van der Waals surface area contributed by atoms with Gasteiger partial charge in [-0.05, 0) is 29.3 Å². The van der Waals surface area contributed by atoms with Crippen LogP contribution >= 0.6 is 31.9 Å². The summed E-state index contributed by atoms with van der Waals surface area (Å²) in [6.07, 6.45) is 0. The summed E-state index contributed by atoms with van der Waals surface area (Å²) < 4.78 is 0. The van der Waals surface area contributed by atoms with Gasteiger partial charge in [-0.15, -0.1) is 0 Å². The third kappa shape index (κ3) is 1.95. The van der Waals surface area contributed by atoms with Crippen molar-refractivity contribution < 1.29 is 0 Å². The van der Waals surface area contributed by atoms with E-state index in [0.717, 1.165) is 21.7 Å². The Morgan fingerprint density at radius 3 is 2.50 bits per heavy atom. The number of alkyl halides is 2. The lowest BCUT2D eigenvalue weighted by molar-refractivity contribution is 1.32. The first kappa shape index (κ1) is 12.1. The van der Waals surface area contributed by atoms with E-state index in [1.807, 2.05) is 6.07 Å². The van der Waals surface area contributed by atoms with Crippen molar-refractivity contribution in [3.63, 3.8) is 0 Å². The van der Waals surface area contributed by atoms with E-state index in [9.17, 15) is 0 Å². The smallest absolute Gasteiger partial charge is 0.0713 e. The zero-order valence-corrected chi connectivity index (χ0v) is 12.8. The summed E-state index contributed by atoms with van der Waals surface area (Å²) in [6, 6.07) is 14.7. The largest absolute Gasteiger partial charge is 0.248 e. The average Bonchev–Trinajstić information content (AvgIpc) is 2.43. The van der Waals surface area contributed by atoms with Gasteiger partial charge in [-0.25, -0.2) is 4.98 Å². The van der Waals surface area contributed by atoms with Crippen molar-refractivity contribution in [2.24, 2.45) is 0 Å². The molecule has 0 fully saturated rings. The van der Waals surface area contributed by atoms with Crippen LogP contribution in [0, 0.1) is 0 Å². The molecular weight excluding hydrogens is 354 g/mol. The van der Waals surface area contributed by atoms with Gasteiger partial charge in [-0.1, -0.05) is 56.1 Å². The Hall–Kier alpha value is -0.930. The fraction of sp³-hybridized carbons (Fsp3) is 0.133. The van der Waals surface area contributed by atoms with E-state index in [1.165, 1.54) is 21.9 Å².